The van der Waals surface area contributed by atoms with Gasteiger partial charge in [0.2, 0.25) is 0 Å². The highest BCUT2D eigenvalue weighted by Crippen LogP contribution is 2.31. The van der Waals surface area contributed by atoms with Gasteiger partial charge in [0.05, 0.1) is 19.3 Å². The molecule has 0 radical (unpaired) electrons. The summed E-state index contributed by atoms with van der Waals surface area (Å²) in [6, 6.07) is 4.02. The Hall–Kier alpha value is -2.64. The highest BCUT2D eigenvalue weighted by molar-refractivity contribution is 6.32. The molecule has 2 fully saturated rings. The third kappa shape index (κ3) is 6.58. The SMILES string of the molecule is CC[C@H]1CN(c2nc(N)c(C(=O)NCCO)nc2Cl)CCN1C1CCN([C@@H](CO)c2ccc(F)c(F)c2)CC1. The lowest BCUT2D eigenvalue weighted by molar-refractivity contribution is 0.0355. The molecular weight excluding hydrogens is 532 g/mol. The van der Waals surface area contributed by atoms with Crippen LogP contribution in [0.5, 0.6) is 0 Å². The maximum absolute atomic E-state index is 13.8. The molecule has 0 aliphatic carbocycles. The van der Waals surface area contributed by atoms with Gasteiger partial charge in [-0.15, -0.1) is 0 Å². The van der Waals surface area contributed by atoms with Gasteiger partial charge in [-0.25, -0.2) is 18.7 Å². The number of amides is 1. The summed E-state index contributed by atoms with van der Waals surface area (Å²) in [5, 5.41) is 21.5. The summed E-state index contributed by atoms with van der Waals surface area (Å²) in [5.41, 5.74) is 6.54. The molecule has 39 heavy (non-hydrogen) atoms. The van der Waals surface area contributed by atoms with E-state index in [0.29, 0.717) is 30.5 Å². The van der Waals surface area contributed by atoms with Crippen molar-refractivity contribution in [3.05, 3.63) is 46.2 Å². The number of hydrogen-bond acceptors (Lipinski definition) is 9. The average Bonchev–Trinajstić information content (AvgIpc) is 2.95. The van der Waals surface area contributed by atoms with Crippen LogP contribution in [0.25, 0.3) is 0 Å². The van der Waals surface area contributed by atoms with Crippen molar-refractivity contribution >= 4 is 29.1 Å². The van der Waals surface area contributed by atoms with Crippen molar-refractivity contribution in [2.45, 2.75) is 44.3 Å². The van der Waals surface area contributed by atoms with E-state index in [1.54, 1.807) is 0 Å². The standard InChI is InChI=1S/C26H36ClF2N7O3/c1-2-17-14-35(25-23(27)32-22(24(30)33-25)26(39)31-7-12-37)10-11-36(17)18-5-8-34(9-6-18)21(15-38)16-3-4-19(28)20(29)13-16/h3-4,13,17-18,21,37-38H,2,5-12,14-15H2,1H3,(H2,30,33)(H,31,39)/t17-,21-/m0/s1. The Kier molecular flexibility index (Phi) is 9.89. The van der Waals surface area contributed by atoms with Gasteiger partial charge in [-0.2, -0.15) is 0 Å². The van der Waals surface area contributed by atoms with Gasteiger partial charge in [0.25, 0.3) is 5.91 Å². The molecule has 0 bridgehead atoms. The maximum Gasteiger partial charge on any atom is 0.273 e. The van der Waals surface area contributed by atoms with Crippen LogP contribution < -0.4 is 16.0 Å². The Balaban J connectivity index is 1.39. The largest absolute Gasteiger partial charge is 0.395 e. The van der Waals surface area contributed by atoms with Gasteiger partial charge >= 0.3 is 0 Å². The van der Waals surface area contributed by atoms with E-state index in [-0.39, 0.29) is 48.5 Å². The number of carbonyl (C=O) groups excluding carboxylic acids is 1. The molecule has 2 aliphatic rings. The fourth-order valence-corrected chi connectivity index (χ4v) is 5.87. The van der Waals surface area contributed by atoms with E-state index < -0.39 is 17.5 Å². The predicted octanol–water partition coefficient (Wildman–Crippen LogP) is 1.81. The number of aliphatic hydroxyl groups excluding tert-OH is 2. The van der Waals surface area contributed by atoms with Gasteiger partial charge in [0, 0.05) is 51.4 Å². The van der Waals surface area contributed by atoms with E-state index in [2.05, 4.69) is 32.0 Å². The summed E-state index contributed by atoms with van der Waals surface area (Å²) in [4.78, 5) is 27.5. The monoisotopic (exact) mass is 567 g/mol. The molecule has 1 aromatic heterocycles. The molecule has 2 saturated heterocycles. The fraction of sp³-hybridized carbons (Fsp3) is 0.577. The molecule has 1 aromatic carbocycles. The van der Waals surface area contributed by atoms with Crippen molar-refractivity contribution in [2.24, 2.45) is 0 Å². The third-order valence-electron chi connectivity index (χ3n) is 7.69. The topological polar surface area (TPSA) is 131 Å². The van der Waals surface area contributed by atoms with Gasteiger partial charge in [-0.3, -0.25) is 14.6 Å². The minimum atomic E-state index is -0.907. The molecule has 0 unspecified atom stereocenters. The summed E-state index contributed by atoms with van der Waals surface area (Å²) in [6.45, 7) is 5.43. The predicted molar refractivity (Wildman–Crippen MR) is 145 cm³/mol. The second-order valence-electron chi connectivity index (χ2n) is 9.94. The van der Waals surface area contributed by atoms with E-state index in [1.165, 1.54) is 12.1 Å². The highest BCUT2D eigenvalue weighted by Gasteiger charge is 2.36. The maximum atomic E-state index is 13.8. The third-order valence-corrected chi connectivity index (χ3v) is 7.94. The van der Waals surface area contributed by atoms with Crippen molar-refractivity contribution in [1.29, 1.82) is 0 Å². The molecule has 2 aliphatic heterocycles. The molecule has 3 heterocycles. The number of benzene rings is 1. The first kappa shape index (κ1) is 29.3. The van der Waals surface area contributed by atoms with Gasteiger partial charge < -0.3 is 26.2 Å². The number of hydrogen-bond donors (Lipinski definition) is 4. The van der Waals surface area contributed by atoms with E-state index in [4.69, 9.17) is 22.4 Å². The number of nitrogen functional groups attached to an aromatic ring is 1. The molecule has 214 valence electrons. The lowest BCUT2D eigenvalue weighted by Crippen LogP contribution is -2.58. The molecule has 0 saturated carbocycles. The number of piperidine rings is 1. The van der Waals surface area contributed by atoms with Crippen LogP contribution in [0.3, 0.4) is 0 Å². The van der Waals surface area contributed by atoms with Gasteiger partial charge in [0.15, 0.2) is 34.1 Å². The molecule has 5 N–H and O–H groups in total. The molecule has 1 amide bonds. The summed E-state index contributed by atoms with van der Waals surface area (Å²) in [6.07, 6.45) is 2.69. The van der Waals surface area contributed by atoms with Crippen molar-refractivity contribution in [3.63, 3.8) is 0 Å². The lowest BCUT2D eigenvalue weighted by atomic mass is 9.95. The number of nitrogens with zero attached hydrogens (tertiary/aromatic N) is 5. The number of aliphatic hydroxyl groups is 2. The summed E-state index contributed by atoms with van der Waals surface area (Å²) >= 11 is 6.43. The second-order valence-corrected chi connectivity index (χ2v) is 10.3. The Bertz CT molecular complexity index is 1150. The smallest absolute Gasteiger partial charge is 0.273 e. The normalized spacial score (nSPS) is 20.3. The molecule has 0 spiro atoms. The Morgan fingerprint density at radius 3 is 2.56 bits per heavy atom. The van der Waals surface area contributed by atoms with Crippen LogP contribution in [0.15, 0.2) is 18.2 Å². The second kappa shape index (κ2) is 13.1. The summed E-state index contributed by atoms with van der Waals surface area (Å²) in [7, 11) is 0. The van der Waals surface area contributed by atoms with E-state index in [0.717, 1.165) is 45.0 Å². The minimum absolute atomic E-state index is 0.0211. The molecule has 2 aromatic rings. The lowest BCUT2D eigenvalue weighted by Gasteiger charge is -2.48. The van der Waals surface area contributed by atoms with Crippen molar-refractivity contribution in [1.82, 2.24) is 25.1 Å². The van der Waals surface area contributed by atoms with E-state index in [9.17, 15) is 18.7 Å². The number of piperazine rings is 1. The quantitative estimate of drug-likeness (QED) is 0.358. The number of aromatic nitrogens is 2. The zero-order valence-corrected chi connectivity index (χ0v) is 22.7. The Morgan fingerprint density at radius 2 is 1.92 bits per heavy atom. The van der Waals surface area contributed by atoms with E-state index >= 15 is 0 Å². The first-order valence-corrected chi connectivity index (χ1v) is 13.7. The molecule has 13 heteroatoms. The van der Waals surface area contributed by atoms with Gasteiger partial charge in [-0.05, 0) is 37.0 Å². The van der Waals surface area contributed by atoms with Crippen LogP contribution in [0, 0.1) is 11.6 Å². The number of carbonyl (C=O) groups is 1. The number of likely N-dealkylation sites (tertiary alicyclic amines) is 1. The van der Waals surface area contributed by atoms with Crippen LogP contribution >= 0.6 is 11.6 Å². The number of nitrogens with two attached hydrogens (primary N) is 1. The van der Waals surface area contributed by atoms with Crippen molar-refractivity contribution in [2.75, 3.05) is 63.1 Å². The van der Waals surface area contributed by atoms with Crippen LogP contribution in [-0.4, -0.2) is 100 Å². The number of rotatable bonds is 9. The minimum Gasteiger partial charge on any atom is -0.395 e. The van der Waals surface area contributed by atoms with Gasteiger partial charge in [-0.1, -0.05) is 24.6 Å². The molecule has 10 nitrogen and oxygen atoms in total. The zero-order valence-electron chi connectivity index (χ0n) is 22.0. The van der Waals surface area contributed by atoms with Gasteiger partial charge in [0.1, 0.15) is 0 Å². The molecule has 2 atom stereocenters. The number of halogens is 3. The first-order chi connectivity index (χ1) is 18.8. The fourth-order valence-electron chi connectivity index (χ4n) is 5.63. The van der Waals surface area contributed by atoms with E-state index in [1.807, 2.05) is 4.90 Å². The molecular formula is C26H36ClF2N7O3. The Labute approximate surface area is 231 Å². The van der Waals surface area contributed by atoms with Crippen molar-refractivity contribution < 1.29 is 23.8 Å². The average molecular weight is 568 g/mol. The van der Waals surface area contributed by atoms with Crippen molar-refractivity contribution in [3.8, 4) is 0 Å². The van der Waals surface area contributed by atoms with Crippen LogP contribution in [0.2, 0.25) is 5.15 Å². The number of anilines is 2. The van der Waals surface area contributed by atoms with Crippen LogP contribution in [0.4, 0.5) is 20.4 Å². The highest BCUT2D eigenvalue weighted by atomic mass is 35.5. The number of nitrogens with one attached hydrogen (secondary N) is 1. The zero-order chi connectivity index (χ0) is 28.1. The van der Waals surface area contributed by atoms with Crippen LogP contribution in [-0.2, 0) is 0 Å². The summed E-state index contributed by atoms with van der Waals surface area (Å²) < 4.78 is 27.2. The summed E-state index contributed by atoms with van der Waals surface area (Å²) in [5.74, 6) is -1.92. The Morgan fingerprint density at radius 1 is 1.18 bits per heavy atom. The van der Waals surface area contributed by atoms with Crippen LogP contribution in [0.1, 0.15) is 48.3 Å². The first-order valence-electron chi connectivity index (χ1n) is 13.3. The molecule has 4 rings (SSSR count).